The molecule has 16 heteroatoms. The molecular formula is C18H33N7O7S2. The van der Waals surface area contributed by atoms with Crippen molar-refractivity contribution in [2.45, 2.75) is 49.9 Å². The fraction of sp³-hybridized carbons (Fsp3) is 0.667. The first-order valence-corrected chi connectivity index (χ1v) is 12.2. The molecule has 0 aliphatic carbocycles. The van der Waals surface area contributed by atoms with Gasteiger partial charge in [0.05, 0.1) is 12.5 Å². The number of aliphatic imine (C=N–C) groups is 1. The van der Waals surface area contributed by atoms with Crippen molar-refractivity contribution >= 4 is 60.0 Å². The molecule has 0 heterocycles. The Kier molecular flexibility index (Phi) is 15.5. The second-order valence-electron chi connectivity index (χ2n) is 7.14. The maximum atomic E-state index is 12.8. The number of carbonyl (C=O) groups excluding carboxylic acids is 3. The third kappa shape index (κ3) is 13.1. The van der Waals surface area contributed by atoms with Gasteiger partial charge in [-0.3, -0.25) is 24.2 Å². The van der Waals surface area contributed by atoms with Crippen LogP contribution in [0.3, 0.4) is 0 Å². The van der Waals surface area contributed by atoms with Gasteiger partial charge in [0.25, 0.3) is 0 Å². The van der Waals surface area contributed by atoms with Crippen molar-refractivity contribution in [3.05, 3.63) is 0 Å². The molecule has 0 aliphatic rings. The third-order valence-electron chi connectivity index (χ3n) is 4.36. The largest absolute Gasteiger partial charge is 0.481 e. The molecule has 4 atom stereocenters. The van der Waals surface area contributed by atoms with Crippen LogP contribution in [0.25, 0.3) is 0 Å². The summed E-state index contributed by atoms with van der Waals surface area (Å²) in [5.74, 6) is -5.00. The molecule has 3 amide bonds. The highest BCUT2D eigenvalue weighted by molar-refractivity contribution is 7.98. The Hall–Kier alpha value is -2.72. The van der Waals surface area contributed by atoms with Gasteiger partial charge in [-0.05, 0) is 31.3 Å². The maximum Gasteiger partial charge on any atom is 0.327 e. The van der Waals surface area contributed by atoms with Gasteiger partial charge in [-0.2, -0.15) is 24.4 Å². The number of carboxylic acid groups (broad SMARTS) is 2. The number of amides is 3. The minimum absolute atomic E-state index is 0.00572. The molecule has 0 rings (SSSR count). The van der Waals surface area contributed by atoms with Crippen molar-refractivity contribution < 1.29 is 34.2 Å². The highest BCUT2D eigenvalue weighted by Crippen LogP contribution is 2.04. The number of carbonyl (C=O) groups is 5. The van der Waals surface area contributed by atoms with Gasteiger partial charge in [0.2, 0.25) is 17.7 Å². The van der Waals surface area contributed by atoms with E-state index in [0.29, 0.717) is 12.2 Å². The van der Waals surface area contributed by atoms with Crippen molar-refractivity contribution in [1.29, 1.82) is 0 Å². The number of hydrogen-bond donors (Lipinski definition) is 9. The molecule has 0 aromatic heterocycles. The first-order valence-electron chi connectivity index (χ1n) is 10.2. The molecule has 0 fully saturated rings. The molecule has 0 aromatic rings. The SMILES string of the molecule is CSCCC(N)C(=O)NC(CC(=O)O)C(=O)NC(CCCN=C(N)N)C(=O)NC(CS)C(=O)O. The van der Waals surface area contributed by atoms with Crippen LogP contribution in [-0.2, 0) is 24.0 Å². The van der Waals surface area contributed by atoms with E-state index in [1.54, 1.807) is 0 Å². The van der Waals surface area contributed by atoms with Crippen LogP contribution in [0.4, 0.5) is 0 Å². The average molecular weight is 524 g/mol. The van der Waals surface area contributed by atoms with Gasteiger partial charge in [-0.15, -0.1) is 0 Å². The average Bonchev–Trinajstić information content (AvgIpc) is 2.75. The summed E-state index contributed by atoms with van der Waals surface area (Å²) < 4.78 is 0. The zero-order chi connectivity index (χ0) is 26.3. The Morgan fingerprint density at radius 1 is 0.941 bits per heavy atom. The number of rotatable bonds is 17. The fourth-order valence-corrected chi connectivity index (χ4v) is 3.28. The van der Waals surface area contributed by atoms with Crippen LogP contribution in [0.5, 0.6) is 0 Å². The quantitative estimate of drug-likeness (QED) is 0.0403. The molecule has 4 unspecified atom stereocenters. The number of nitrogens with one attached hydrogen (secondary N) is 3. The second-order valence-corrected chi connectivity index (χ2v) is 8.49. The summed E-state index contributed by atoms with van der Waals surface area (Å²) in [7, 11) is 0. The molecule has 14 nitrogen and oxygen atoms in total. The molecule has 0 aromatic carbocycles. The summed E-state index contributed by atoms with van der Waals surface area (Å²) in [6, 6.07) is -5.06. The Morgan fingerprint density at radius 2 is 1.50 bits per heavy atom. The Labute approximate surface area is 206 Å². The molecule has 0 radical (unpaired) electrons. The van der Waals surface area contributed by atoms with E-state index in [2.05, 4.69) is 33.6 Å². The second kappa shape index (κ2) is 16.8. The van der Waals surface area contributed by atoms with Crippen molar-refractivity contribution in [3.8, 4) is 0 Å². The molecular weight excluding hydrogens is 490 g/mol. The molecule has 0 spiro atoms. The highest BCUT2D eigenvalue weighted by Gasteiger charge is 2.31. The maximum absolute atomic E-state index is 12.8. The van der Waals surface area contributed by atoms with Crippen LogP contribution in [0, 0.1) is 0 Å². The fourth-order valence-electron chi connectivity index (χ4n) is 2.54. The van der Waals surface area contributed by atoms with E-state index in [9.17, 15) is 24.0 Å². The summed E-state index contributed by atoms with van der Waals surface area (Å²) in [4.78, 5) is 63.9. The number of thioether (sulfide) groups is 1. The van der Waals surface area contributed by atoms with E-state index in [-0.39, 0.29) is 31.1 Å². The smallest absolute Gasteiger partial charge is 0.327 e. The number of aliphatic carboxylic acids is 2. The molecule has 11 N–H and O–H groups in total. The van der Waals surface area contributed by atoms with Crippen LogP contribution in [0.15, 0.2) is 4.99 Å². The van der Waals surface area contributed by atoms with Gasteiger partial charge in [-0.25, -0.2) is 4.79 Å². The standard InChI is InChI=1S/C18H33N7O7S2/c1-34-6-4-9(19)14(28)24-11(7-13(26)27)16(30)23-10(3-2-5-22-18(20)21)15(29)25-12(8-33)17(31)32/h9-12,33H,2-8,19H2,1H3,(H,23,30)(H,24,28)(H,25,29)(H,26,27)(H,31,32)(H4,20,21,22). The number of carboxylic acids is 2. The lowest BCUT2D eigenvalue weighted by Crippen LogP contribution is -2.57. The van der Waals surface area contributed by atoms with Gasteiger partial charge in [0, 0.05) is 12.3 Å². The minimum atomic E-state index is -1.52. The lowest BCUT2D eigenvalue weighted by atomic mass is 10.1. The topological polar surface area (TPSA) is 252 Å². The van der Waals surface area contributed by atoms with E-state index < -0.39 is 60.2 Å². The number of thiol groups is 1. The molecule has 0 saturated heterocycles. The van der Waals surface area contributed by atoms with Gasteiger partial charge in [0.15, 0.2) is 5.96 Å². The number of nitrogens with two attached hydrogens (primary N) is 3. The summed E-state index contributed by atoms with van der Waals surface area (Å²) in [6.45, 7) is 0.122. The first kappa shape index (κ1) is 31.3. The van der Waals surface area contributed by atoms with Gasteiger partial charge < -0.3 is 43.4 Å². The van der Waals surface area contributed by atoms with Gasteiger partial charge in [-0.1, -0.05) is 0 Å². The van der Waals surface area contributed by atoms with Gasteiger partial charge >= 0.3 is 11.9 Å². The number of guanidine groups is 1. The van der Waals surface area contributed by atoms with Crippen molar-refractivity contribution in [3.63, 3.8) is 0 Å². The van der Waals surface area contributed by atoms with Crippen LogP contribution in [-0.4, -0.2) is 94.3 Å². The molecule has 0 saturated carbocycles. The predicted octanol–water partition coefficient (Wildman–Crippen LogP) is -2.94. The van der Waals surface area contributed by atoms with Gasteiger partial charge in [0.1, 0.15) is 18.1 Å². The Balaban J connectivity index is 5.50. The van der Waals surface area contributed by atoms with Crippen LogP contribution >= 0.6 is 24.4 Å². The molecule has 194 valence electrons. The van der Waals surface area contributed by atoms with Crippen molar-refractivity contribution in [2.75, 3.05) is 24.3 Å². The zero-order valence-corrected chi connectivity index (χ0v) is 20.4. The van der Waals surface area contributed by atoms with E-state index in [1.807, 2.05) is 6.26 Å². The summed E-state index contributed by atoms with van der Waals surface area (Å²) in [6.07, 6.45) is 1.60. The molecule has 34 heavy (non-hydrogen) atoms. The third-order valence-corrected chi connectivity index (χ3v) is 5.37. The zero-order valence-electron chi connectivity index (χ0n) is 18.7. The van der Waals surface area contributed by atoms with Crippen LogP contribution < -0.4 is 33.2 Å². The van der Waals surface area contributed by atoms with E-state index in [4.69, 9.17) is 27.4 Å². The highest BCUT2D eigenvalue weighted by atomic mass is 32.2. The van der Waals surface area contributed by atoms with E-state index >= 15 is 0 Å². The summed E-state index contributed by atoms with van der Waals surface area (Å²) in [5.41, 5.74) is 16.3. The first-order chi connectivity index (χ1) is 15.9. The lowest BCUT2D eigenvalue weighted by molar-refractivity contribution is -0.142. The lowest BCUT2D eigenvalue weighted by Gasteiger charge is -2.24. The van der Waals surface area contributed by atoms with E-state index in [1.165, 1.54) is 11.8 Å². The van der Waals surface area contributed by atoms with E-state index in [0.717, 1.165) is 0 Å². The monoisotopic (exact) mass is 523 g/mol. The normalized spacial score (nSPS) is 14.1. The molecule has 0 bridgehead atoms. The number of hydrogen-bond acceptors (Lipinski definition) is 9. The van der Waals surface area contributed by atoms with Crippen molar-refractivity contribution in [2.24, 2.45) is 22.2 Å². The number of nitrogens with zero attached hydrogens (tertiary/aromatic N) is 1. The van der Waals surface area contributed by atoms with Crippen molar-refractivity contribution in [1.82, 2.24) is 16.0 Å². The summed E-state index contributed by atoms with van der Waals surface area (Å²) >= 11 is 5.34. The van der Waals surface area contributed by atoms with Crippen LogP contribution in [0.2, 0.25) is 0 Å². The van der Waals surface area contributed by atoms with Crippen LogP contribution in [0.1, 0.15) is 25.7 Å². The molecule has 0 aliphatic heterocycles. The Bertz CT molecular complexity index is 750. The summed E-state index contributed by atoms with van der Waals surface area (Å²) in [5, 5.41) is 25.2. The Morgan fingerprint density at radius 3 is 2.00 bits per heavy atom. The minimum Gasteiger partial charge on any atom is -0.481 e. The predicted molar refractivity (Wildman–Crippen MR) is 130 cm³/mol.